The molecule has 0 aromatic heterocycles. The summed E-state index contributed by atoms with van der Waals surface area (Å²) < 4.78 is 0.872. The second-order valence-electron chi connectivity index (χ2n) is 5.56. The fraction of sp³-hybridized carbons (Fsp3) is 0.467. The van der Waals surface area contributed by atoms with Crippen LogP contribution in [0.4, 0.5) is 0 Å². The zero-order valence-corrected chi connectivity index (χ0v) is 13.2. The minimum Gasteiger partial charge on any atom is -0.273 e. The lowest BCUT2D eigenvalue weighted by atomic mass is 10.0. The number of benzene rings is 1. The molecule has 20 heavy (non-hydrogen) atoms. The number of hydrogen-bond acceptors (Lipinski definition) is 2. The predicted octanol–water partition coefficient (Wildman–Crippen LogP) is 2.49. The molecule has 0 unspecified atom stereocenters. The molecule has 0 spiro atoms. The molecule has 1 aromatic carbocycles. The van der Waals surface area contributed by atoms with Crippen LogP contribution in [0.2, 0.25) is 0 Å². The second kappa shape index (κ2) is 5.71. The molecule has 2 N–H and O–H groups in total. The van der Waals surface area contributed by atoms with Crippen LogP contribution in [0.25, 0.3) is 0 Å². The van der Waals surface area contributed by atoms with Crippen LogP contribution in [-0.2, 0) is 4.79 Å². The first-order valence-electron chi connectivity index (χ1n) is 7.03. The van der Waals surface area contributed by atoms with Gasteiger partial charge in [-0.2, -0.15) is 0 Å². The van der Waals surface area contributed by atoms with Crippen LogP contribution in [0.15, 0.2) is 24.3 Å². The third-order valence-electron chi connectivity index (χ3n) is 4.38. The number of carbonyl (C=O) groups excluding carboxylic acids is 2. The van der Waals surface area contributed by atoms with Gasteiger partial charge in [-0.05, 0) is 59.4 Å². The van der Waals surface area contributed by atoms with Crippen LogP contribution in [0, 0.1) is 21.3 Å². The number of rotatable bonds is 2. The summed E-state index contributed by atoms with van der Waals surface area (Å²) in [5.74, 6) is 0.941. The minimum absolute atomic E-state index is 0.0267. The molecule has 2 amide bonds. The average molecular weight is 384 g/mol. The van der Waals surface area contributed by atoms with E-state index in [0.29, 0.717) is 17.4 Å². The van der Waals surface area contributed by atoms with Crippen molar-refractivity contribution >= 4 is 34.4 Å². The minimum atomic E-state index is -0.257. The van der Waals surface area contributed by atoms with Crippen molar-refractivity contribution in [2.24, 2.45) is 17.8 Å². The Morgan fingerprint density at radius 3 is 2.35 bits per heavy atom. The van der Waals surface area contributed by atoms with Crippen molar-refractivity contribution in [3.63, 3.8) is 0 Å². The van der Waals surface area contributed by atoms with Gasteiger partial charge in [-0.15, -0.1) is 0 Å². The molecule has 0 radical (unpaired) electrons. The first-order valence-corrected chi connectivity index (χ1v) is 8.11. The first kappa shape index (κ1) is 13.9. The lowest BCUT2D eigenvalue weighted by molar-refractivity contribution is -0.123. The highest BCUT2D eigenvalue weighted by Gasteiger charge is 2.54. The van der Waals surface area contributed by atoms with Gasteiger partial charge in [0.15, 0.2) is 0 Å². The highest BCUT2D eigenvalue weighted by molar-refractivity contribution is 14.1. The summed E-state index contributed by atoms with van der Waals surface area (Å²) in [4.78, 5) is 24.1. The van der Waals surface area contributed by atoms with Gasteiger partial charge in [-0.25, -0.2) is 0 Å². The normalized spacial score (nSPS) is 27.4. The SMILES string of the molecule is O=C(NNC(=O)C1[C@@H]2CCCC[C@@H]12)c1ccccc1I. The number of carbonyl (C=O) groups is 2. The molecule has 2 fully saturated rings. The number of fused-ring (bicyclic) bond motifs is 1. The summed E-state index contributed by atoms with van der Waals surface area (Å²) in [6.45, 7) is 0. The van der Waals surface area contributed by atoms with Crippen LogP contribution in [-0.4, -0.2) is 11.8 Å². The Balaban J connectivity index is 1.54. The number of hydrazine groups is 1. The van der Waals surface area contributed by atoms with Crippen LogP contribution in [0.1, 0.15) is 36.0 Å². The smallest absolute Gasteiger partial charge is 0.270 e. The van der Waals surface area contributed by atoms with Gasteiger partial charge in [0.25, 0.3) is 5.91 Å². The van der Waals surface area contributed by atoms with Gasteiger partial charge in [-0.1, -0.05) is 25.0 Å². The van der Waals surface area contributed by atoms with E-state index in [1.807, 2.05) is 18.2 Å². The Morgan fingerprint density at radius 1 is 1.05 bits per heavy atom. The van der Waals surface area contributed by atoms with Gasteiger partial charge < -0.3 is 0 Å². The lowest BCUT2D eigenvalue weighted by Crippen LogP contribution is -2.43. The van der Waals surface area contributed by atoms with Gasteiger partial charge >= 0.3 is 0 Å². The highest BCUT2D eigenvalue weighted by Crippen LogP contribution is 2.55. The van der Waals surface area contributed by atoms with Crippen molar-refractivity contribution < 1.29 is 9.59 Å². The first-order chi connectivity index (χ1) is 9.68. The van der Waals surface area contributed by atoms with E-state index < -0.39 is 0 Å². The van der Waals surface area contributed by atoms with Crippen molar-refractivity contribution in [2.45, 2.75) is 25.7 Å². The molecule has 0 saturated heterocycles. The zero-order chi connectivity index (χ0) is 14.1. The van der Waals surface area contributed by atoms with Crippen molar-refractivity contribution in [3.05, 3.63) is 33.4 Å². The maximum absolute atomic E-state index is 12.1. The summed E-state index contributed by atoms with van der Waals surface area (Å²) >= 11 is 2.11. The maximum atomic E-state index is 12.1. The molecule has 0 bridgehead atoms. The average Bonchev–Trinajstić information content (AvgIpc) is 3.19. The Morgan fingerprint density at radius 2 is 1.70 bits per heavy atom. The Bertz CT molecular complexity index is 534. The molecular weight excluding hydrogens is 367 g/mol. The second-order valence-corrected chi connectivity index (χ2v) is 6.72. The fourth-order valence-corrected chi connectivity index (χ4v) is 3.93. The fourth-order valence-electron chi connectivity index (χ4n) is 3.30. The molecule has 106 valence electrons. The lowest BCUT2D eigenvalue weighted by Gasteiger charge is -2.08. The zero-order valence-electron chi connectivity index (χ0n) is 11.1. The quantitative estimate of drug-likeness (QED) is 0.608. The van der Waals surface area contributed by atoms with Crippen molar-refractivity contribution in [2.75, 3.05) is 0 Å². The van der Waals surface area contributed by atoms with Crippen molar-refractivity contribution in [1.29, 1.82) is 0 Å². The van der Waals surface area contributed by atoms with Gasteiger partial charge in [-0.3, -0.25) is 20.4 Å². The molecule has 2 atom stereocenters. The molecule has 2 saturated carbocycles. The van der Waals surface area contributed by atoms with E-state index in [2.05, 4.69) is 33.4 Å². The summed E-state index contributed by atoms with van der Waals surface area (Å²) in [6, 6.07) is 7.31. The summed E-state index contributed by atoms with van der Waals surface area (Å²) in [6.07, 6.45) is 4.79. The van der Waals surface area contributed by atoms with E-state index in [0.717, 1.165) is 16.4 Å². The molecule has 4 nitrogen and oxygen atoms in total. The van der Waals surface area contributed by atoms with E-state index in [1.165, 1.54) is 12.8 Å². The van der Waals surface area contributed by atoms with Crippen LogP contribution in [0.5, 0.6) is 0 Å². The van der Waals surface area contributed by atoms with E-state index in [1.54, 1.807) is 6.07 Å². The number of hydrogen-bond donors (Lipinski definition) is 2. The summed E-state index contributed by atoms with van der Waals surface area (Å²) in [5.41, 5.74) is 5.70. The molecule has 5 heteroatoms. The summed E-state index contributed by atoms with van der Waals surface area (Å²) in [7, 11) is 0. The topological polar surface area (TPSA) is 58.2 Å². The predicted molar refractivity (Wildman–Crippen MR) is 83.7 cm³/mol. The number of nitrogens with one attached hydrogen (secondary N) is 2. The van der Waals surface area contributed by atoms with Crippen LogP contribution >= 0.6 is 22.6 Å². The van der Waals surface area contributed by atoms with E-state index in [9.17, 15) is 9.59 Å². The van der Waals surface area contributed by atoms with Gasteiger partial charge in [0.2, 0.25) is 5.91 Å². The summed E-state index contributed by atoms with van der Waals surface area (Å²) in [5, 5.41) is 0. The molecule has 2 aliphatic carbocycles. The Labute approximate surface area is 131 Å². The van der Waals surface area contributed by atoms with Gasteiger partial charge in [0.1, 0.15) is 0 Å². The van der Waals surface area contributed by atoms with E-state index >= 15 is 0 Å². The van der Waals surface area contributed by atoms with E-state index in [4.69, 9.17) is 0 Å². The molecule has 1 aromatic rings. The molecule has 0 aliphatic heterocycles. The van der Waals surface area contributed by atoms with Gasteiger partial charge in [0, 0.05) is 9.49 Å². The largest absolute Gasteiger partial charge is 0.273 e. The monoisotopic (exact) mass is 384 g/mol. The van der Waals surface area contributed by atoms with Crippen molar-refractivity contribution in [3.8, 4) is 0 Å². The molecular formula is C15H17IN2O2. The van der Waals surface area contributed by atoms with Crippen LogP contribution < -0.4 is 10.9 Å². The Kier molecular flexibility index (Phi) is 3.96. The third-order valence-corrected chi connectivity index (χ3v) is 5.32. The van der Waals surface area contributed by atoms with E-state index in [-0.39, 0.29) is 17.7 Å². The number of halogens is 1. The van der Waals surface area contributed by atoms with Crippen LogP contribution in [0.3, 0.4) is 0 Å². The molecule has 2 aliphatic rings. The van der Waals surface area contributed by atoms with Crippen molar-refractivity contribution in [1.82, 2.24) is 10.9 Å². The molecule has 3 rings (SSSR count). The Hall–Kier alpha value is -1.11. The maximum Gasteiger partial charge on any atom is 0.270 e. The third kappa shape index (κ3) is 2.68. The molecule has 0 heterocycles. The number of amides is 2. The van der Waals surface area contributed by atoms with Gasteiger partial charge in [0.05, 0.1) is 5.56 Å². The standard InChI is InChI=1S/C15H17IN2O2/c16-12-8-4-3-7-11(12)14(19)17-18-15(20)13-9-5-1-2-6-10(9)13/h3-4,7-10,13H,1-2,5-6H2,(H,17,19)(H,18,20)/t9-,10-/m1/s1. The highest BCUT2D eigenvalue weighted by atomic mass is 127.